The second-order valence-corrected chi connectivity index (χ2v) is 9.35. The van der Waals surface area contributed by atoms with Crippen LogP contribution in [-0.4, -0.2) is 33.0 Å². The van der Waals surface area contributed by atoms with Gasteiger partial charge in [-0.05, 0) is 69.0 Å². The molecule has 1 atom stereocenters. The van der Waals surface area contributed by atoms with Crippen molar-refractivity contribution in [1.82, 2.24) is 14.8 Å². The number of fused-ring (bicyclic) bond motifs is 1. The summed E-state index contributed by atoms with van der Waals surface area (Å²) in [6.07, 6.45) is 1.03. The molecular formula is C26H31N5O2S. The topological polar surface area (TPSA) is 81.1 Å². The Bertz CT molecular complexity index is 1230. The first-order valence-electron chi connectivity index (χ1n) is 11.6. The number of aryl methyl sites for hydroxylation is 1. The second kappa shape index (κ2) is 10.3. The van der Waals surface area contributed by atoms with Crippen LogP contribution in [0.2, 0.25) is 0 Å². The molecule has 0 saturated carbocycles. The third-order valence-electron chi connectivity index (χ3n) is 5.85. The van der Waals surface area contributed by atoms with Crippen LogP contribution in [0.4, 0.5) is 11.6 Å². The molecule has 34 heavy (non-hydrogen) atoms. The first kappa shape index (κ1) is 23.9. The van der Waals surface area contributed by atoms with Gasteiger partial charge in [-0.25, -0.2) is 4.68 Å². The van der Waals surface area contributed by atoms with Crippen molar-refractivity contribution < 1.29 is 9.53 Å². The highest BCUT2D eigenvalue weighted by atomic mass is 32.2. The monoisotopic (exact) mass is 477 g/mol. The number of carbonyl (C=O) groups excluding carboxylic acids is 1. The van der Waals surface area contributed by atoms with Crippen molar-refractivity contribution in [2.45, 2.75) is 52.2 Å². The molecular weight excluding hydrogens is 446 g/mol. The van der Waals surface area contributed by atoms with Gasteiger partial charge in [0.1, 0.15) is 11.8 Å². The van der Waals surface area contributed by atoms with Crippen molar-refractivity contribution in [3.8, 4) is 5.75 Å². The largest absolute Gasteiger partial charge is 0.494 e. The standard InChI is InChI=1S/C26H31N5O2S/c1-6-14-34-26-29-25-27-18(5)22(24(32)28-21-13-8-10-16(3)17(21)4)23(31(25)30-26)19-11-9-12-20(15-19)33-7-2/h8-13,15,23H,6-7,14H2,1-5H3,(H,28,32)(H,27,29,30). The Kier molecular flexibility index (Phi) is 7.26. The molecule has 0 radical (unpaired) electrons. The van der Waals surface area contributed by atoms with Crippen LogP contribution in [0.1, 0.15) is 49.9 Å². The zero-order chi connectivity index (χ0) is 24.2. The fourth-order valence-electron chi connectivity index (χ4n) is 4.01. The molecule has 1 aliphatic heterocycles. The quantitative estimate of drug-likeness (QED) is 0.404. The second-order valence-electron chi connectivity index (χ2n) is 8.28. The number of hydrogen-bond acceptors (Lipinski definition) is 6. The van der Waals surface area contributed by atoms with E-state index in [0.29, 0.717) is 23.3 Å². The summed E-state index contributed by atoms with van der Waals surface area (Å²) in [6.45, 7) is 10.6. The van der Waals surface area contributed by atoms with Crippen LogP contribution in [0.25, 0.3) is 0 Å². The number of benzene rings is 2. The predicted octanol–water partition coefficient (Wildman–Crippen LogP) is 5.72. The molecule has 2 aromatic carbocycles. The maximum Gasteiger partial charge on any atom is 0.255 e. The lowest BCUT2D eigenvalue weighted by atomic mass is 9.94. The number of ether oxygens (including phenoxy) is 1. The van der Waals surface area contributed by atoms with E-state index in [2.05, 4.69) is 22.5 Å². The minimum Gasteiger partial charge on any atom is -0.494 e. The fraction of sp³-hybridized carbons (Fsp3) is 0.346. The molecule has 0 spiro atoms. The number of amides is 1. The van der Waals surface area contributed by atoms with Crippen LogP contribution in [0.15, 0.2) is 58.9 Å². The normalized spacial score (nSPS) is 15.0. The molecule has 8 heteroatoms. The van der Waals surface area contributed by atoms with E-state index in [1.165, 1.54) is 0 Å². The predicted molar refractivity (Wildman–Crippen MR) is 138 cm³/mol. The van der Waals surface area contributed by atoms with Gasteiger partial charge in [-0.2, -0.15) is 4.98 Å². The molecule has 0 aliphatic carbocycles. The van der Waals surface area contributed by atoms with Crippen molar-refractivity contribution >= 4 is 29.3 Å². The lowest BCUT2D eigenvalue weighted by molar-refractivity contribution is -0.113. The lowest BCUT2D eigenvalue weighted by Gasteiger charge is -2.29. The van der Waals surface area contributed by atoms with Gasteiger partial charge in [0.2, 0.25) is 11.1 Å². The Morgan fingerprint density at radius 2 is 1.97 bits per heavy atom. The Morgan fingerprint density at radius 3 is 2.74 bits per heavy atom. The van der Waals surface area contributed by atoms with Gasteiger partial charge in [-0.1, -0.05) is 43.0 Å². The number of carbonyl (C=O) groups is 1. The third kappa shape index (κ3) is 4.82. The summed E-state index contributed by atoms with van der Waals surface area (Å²) in [4.78, 5) is 18.4. The van der Waals surface area contributed by atoms with Crippen LogP contribution < -0.4 is 15.4 Å². The van der Waals surface area contributed by atoms with Gasteiger partial charge in [0, 0.05) is 17.1 Å². The van der Waals surface area contributed by atoms with Crippen LogP contribution in [0.5, 0.6) is 5.75 Å². The Balaban J connectivity index is 1.78. The average Bonchev–Trinajstić information content (AvgIpc) is 3.22. The average molecular weight is 478 g/mol. The number of anilines is 2. The molecule has 2 N–H and O–H groups in total. The van der Waals surface area contributed by atoms with E-state index in [1.807, 2.05) is 74.8 Å². The SMILES string of the molecule is CCCSc1nc2n(n1)C(c1cccc(OCC)c1)C(C(=O)Nc1cccc(C)c1C)=C(C)N2. The van der Waals surface area contributed by atoms with E-state index in [0.717, 1.165) is 46.0 Å². The van der Waals surface area contributed by atoms with Gasteiger partial charge < -0.3 is 15.4 Å². The Morgan fingerprint density at radius 1 is 1.18 bits per heavy atom. The molecule has 1 amide bonds. The van der Waals surface area contributed by atoms with E-state index in [-0.39, 0.29) is 5.91 Å². The molecule has 1 aliphatic rings. The molecule has 0 fully saturated rings. The summed E-state index contributed by atoms with van der Waals surface area (Å²) in [5, 5.41) is 11.9. The smallest absolute Gasteiger partial charge is 0.255 e. The summed E-state index contributed by atoms with van der Waals surface area (Å²) in [5.74, 6) is 2.15. The minimum absolute atomic E-state index is 0.172. The number of thioether (sulfide) groups is 1. The summed E-state index contributed by atoms with van der Waals surface area (Å²) in [6, 6.07) is 13.3. The first-order chi connectivity index (χ1) is 16.4. The number of aromatic nitrogens is 3. The number of rotatable bonds is 8. The molecule has 7 nitrogen and oxygen atoms in total. The Labute approximate surface area is 205 Å². The van der Waals surface area contributed by atoms with E-state index in [9.17, 15) is 4.79 Å². The molecule has 2 heterocycles. The van der Waals surface area contributed by atoms with Crippen molar-refractivity contribution in [3.63, 3.8) is 0 Å². The Hall–Kier alpha value is -3.26. The van der Waals surface area contributed by atoms with Crippen LogP contribution in [-0.2, 0) is 4.79 Å². The van der Waals surface area contributed by atoms with Crippen LogP contribution >= 0.6 is 11.8 Å². The van der Waals surface area contributed by atoms with Crippen LogP contribution in [0, 0.1) is 13.8 Å². The summed E-state index contributed by atoms with van der Waals surface area (Å²) in [7, 11) is 0. The highest BCUT2D eigenvalue weighted by molar-refractivity contribution is 7.99. The van der Waals surface area contributed by atoms with E-state index in [4.69, 9.17) is 9.84 Å². The number of hydrogen-bond donors (Lipinski definition) is 2. The fourth-order valence-corrected chi connectivity index (χ4v) is 4.69. The van der Waals surface area contributed by atoms with Crippen LogP contribution in [0.3, 0.4) is 0 Å². The molecule has 1 unspecified atom stereocenters. The van der Waals surface area contributed by atoms with Gasteiger partial charge in [0.15, 0.2) is 0 Å². The maximum atomic E-state index is 13.7. The zero-order valence-corrected chi connectivity index (χ0v) is 21.1. The molecule has 178 valence electrons. The number of nitrogens with zero attached hydrogens (tertiary/aromatic N) is 3. The van der Waals surface area contributed by atoms with Crippen molar-refractivity contribution in [1.29, 1.82) is 0 Å². The highest BCUT2D eigenvalue weighted by Gasteiger charge is 2.34. The van der Waals surface area contributed by atoms with Gasteiger partial charge in [0.25, 0.3) is 5.91 Å². The summed E-state index contributed by atoms with van der Waals surface area (Å²) >= 11 is 1.61. The van der Waals surface area contributed by atoms with E-state index >= 15 is 0 Å². The molecule has 3 aromatic rings. The van der Waals surface area contributed by atoms with Crippen molar-refractivity contribution in [3.05, 3.63) is 70.4 Å². The van der Waals surface area contributed by atoms with Crippen molar-refractivity contribution in [2.24, 2.45) is 0 Å². The van der Waals surface area contributed by atoms with Gasteiger partial charge in [0.05, 0.1) is 12.2 Å². The molecule has 4 rings (SSSR count). The third-order valence-corrected chi connectivity index (χ3v) is 6.89. The van der Waals surface area contributed by atoms with E-state index < -0.39 is 6.04 Å². The first-order valence-corrected chi connectivity index (χ1v) is 12.6. The number of nitrogens with one attached hydrogen (secondary N) is 2. The summed E-state index contributed by atoms with van der Waals surface area (Å²) in [5.41, 5.74) is 5.24. The lowest BCUT2D eigenvalue weighted by Crippen LogP contribution is -2.31. The van der Waals surface area contributed by atoms with E-state index in [1.54, 1.807) is 11.8 Å². The van der Waals surface area contributed by atoms with Crippen molar-refractivity contribution in [2.75, 3.05) is 23.0 Å². The van der Waals surface area contributed by atoms with Gasteiger partial charge >= 0.3 is 0 Å². The zero-order valence-electron chi connectivity index (χ0n) is 20.3. The maximum absolute atomic E-state index is 13.7. The highest BCUT2D eigenvalue weighted by Crippen LogP contribution is 2.38. The molecule has 0 saturated heterocycles. The summed E-state index contributed by atoms with van der Waals surface area (Å²) < 4.78 is 7.56. The molecule has 1 aromatic heterocycles. The minimum atomic E-state index is -0.440. The molecule has 0 bridgehead atoms. The number of allylic oxidation sites excluding steroid dienone is 1. The van der Waals surface area contributed by atoms with Gasteiger partial charge in [-0.3, -0.25) is 4.79 Å². The van der Waals surface area contributed by atoms with Gasteiger partial charge in [-0.15, -0.1) is 5.10 Å².